The summed E-state index contributed by atoms with van der Waals surface area (Å²) in [7, 11) is 0. The molecule has 0 radical (unpaired) electrons. The zero-order chi connectivity index (χ0) is 19.6. The van der Waals surface area contributed by atoms with Crippen LogP contribution >= 0.6 is 35.6 Å². The van der Waals surface area contributed by atoms with Crippen molar-refractivity contribution < 1.29 is 9.18 Å². The van der Waals surface area contributed by atoms with Gasteiger partial charge < -0.3 is 16.0 Å². The van der Waals surface area contributed by atoms with Gasteiger partial charge in [-0.15, -0.1) is 24.0 Å². The molecule has 152 valence electrons. The van der Waals surface area contributed by atoms with Crippen LogP contribution in [0.15, 0.2) is 47.5 Å². The van der Waals surface area contributed by atoms with Gasteiger partial charge in [-0.3, -0.25) is 4.79 Å². The van der Waals surface area contributed by atoms with Gasteiger partial charge in [0, 0.05) is 19.6 Å². The van der Waals surface area contributed by atoms with Crippen LogP contribution < -0.4 is 16.0 Å². The molecule has 5 nitrogen and oxygen atoms in total. The Morgan fingerprint density at radius 3 is 2.50 bits per heavy atom. The van der Waals surface area contributed by atoms with E-state index in [1.165, 1.54) is 6.07 Å². The van der Waals surface area contributed by atoms with Crippen molar-refractivity contribution >= 4 is 47.4 Å². The van der Waals surface area contributed by atoms with E-state index in [0.29, 0.717) is 48.3 Å². The van der Waals surface area contributed by atoms with E-state index in [1.54, 1.807) is 37.3 Å². The minimum absolute atomic E-state index is 0. The van der Waals surface area contributed by atoms with Gasteiger partial charge in [-0.05, 0) is 43.2 Å². The highest BCUT2D eigenvalue weighted by Crippen LogP contribution is 2.14. The Hall–Kier alpha value is -1.87. The Labute approximate surface area is 187 Å². The van der Waals surface area contributed by atoms with Gasteiger partial charge in [0.05, 0.1) is 17.1 Å². The predicted octanol–water partition coefficient (Wildman–Crippen LogP) is 3.89. The smallest absolute Gasteiger partial charge is 0.252 e. The molecule has 0 aliphatic carbocycles. The molecule has 0 bridgehead atoms. The average Bonchev–Trinajstić information content (AvgIpc) is 2.66. The molecule has 0 spiro atoms. The Kier molecular flexibility index (Phi) is 10.8. The van der Waals surface area contributed by atoms with Crippen molar-refractivity contribution in [3.63, 3.8) is 0 Å². The molecule has 2 aromatic carbocycles. The molecule has 0 fully saturated rings. The first-order chi connectivity index (χ1) is 13.0. The fourth-order valence-electron chi connectivity index (χ4n) is 2.34. The number of hydrogen-bond acceptors (Lipinski definition) is 2. The monoisotopic (exact) mass is 518 g/mol. The van der Waals surface area contributed by atoms with E-state index >= 15 is 0 Å². The van der Waals surface area contributed by atoms with Crippen molar-refractivity contribution in [3.8, 4) is 0 Å². The number of halogens is 3. The highest BCUT2D eigenvalue weighted by atomic mass is 127. The number of aryl methyl sites for hydroxylation is 1. The summed E-state index contributed by atoms with van der Waals surface area (Å²) in [4.78, 5) is 16.5. The van der Waals surface area contributed by atoms with Gasteiger partial charge in [-0.25, -0.2) is 9.38 Å². The van der Waals surface area contributed by atoms with Crippen molar-refractivity contribution in [2.75, 3.05) is 19.6 Å². The molecule has 2 rings (SSSR count). The van der Waals surface area contributed by atoms with Crippen LogP contribution in [-0.2, 0) is 6.54 Å². The number of nitrogens with one attached hydrogen (secondary N) is 3. The normalized spacial score (nSPS) is 10.8. The Morgan fingerprint density at radius 1 is 1.11 bits per heavy atom. The maximum absolute atomic E-state index is 13.6. The van der Waals surface area contributed by atoms with Crippen LogP contribution in [0.25, 0.3) is 0 Å². The summed E-state index contributed by atoms with van der Waals surface area (Å²) in [6.45, 7) is 5.64. The Bertz CT molecular complexity index is 817. The third kappa shape index (κ3) is 7.63. The topological polar surface area (TPSA) is 65.5 Å². The number of nitrogens with zero attached hydrogens (tertiary/aromatic N) is 1. The second-order valence-electron chi connectivity index (χ2n) is 5.94. The summed E-state index contributed by atoms with van der Waals surface area (Å²) in [6, 6.07) is 12.0. The van der Waals surface area contributed by atoms with Crippen LogP contribution in [0.1, 0.15) is 28.4 Å². The van der Waals surface area contributed by atoms with Gasteiger partial charge >= 0.3 is 0 Å². The maximum atomic E-state index is 13.6. The van der Waals surface area contributed by atoms with E-state index in [1.807, 2.05) is 13.0 Å². The lowest BCUT2D eigenvalue weighted by Crippen LogP contribution is -2.41. The zero-order valence-electron chi connectivity index (χ0n) is 15.9. The highest BCUT2D eigenvalue weighted by Gasteiger charge is 2.08. The number of carbonyl (C=O) groups is 1. The number of hydrogen-bond donors (Lipinski definition) is 3. The second-order valence-corrected chi connectivity index (χ2v) is 6.35. The van der Waals surface area contributed by atoms with Crippen LogP contribution in [0.2, 0.25) is 5.02 Å². The fourth-order valence-corrected chi connectivity index (χ4v) is 2.57. The van der Waals surface area contributed by atoms with E-state index in [4.69, 9.17) is 11.6 Å². The molecule has 0 aliphatic rings. The van der Waals surface area contributed by atoms with Crippen LogP contribution in [0.4, 0.5) is 4.39 Å². The molecule has 2 aromatic rings. The molecule has 0 saturated heterocycles. The molecule has 0 aliphatic heterocycles. The van der Waals surface area contributed by atoms with Gasteiger partial charge in [0.2, 0.25) is 0 Å². The van der Waals surface area contributed by atoms with Crippen LogP contribution in [0.5, 0.6) is 0 Å². The number of benzene rings is 2. The van der Waals surface area contributed by atoms with Crippen molar-refractivity contribution in [1.82, 2.24) is 16.0 Å². The minimum Gasteiger partial charge on any atom is -0.357 e. The first kappa shape index (κ1) is 24.2. The van der Waals surface area contributed by atoms with E-state index < -0.39 is 0 Å². The summed E-state index contributed by atoms with van der Waals surface area (Å²) in [6.07, 6.45) is 0. The van der Waals surface area contributed by atoms with Gasteiger partial charge in [0.25, 0.3) is 5.91 Å². The van der Waals surface area contributed by atoms with Crippen molar-refractivity contribution in [1.29, 1.82) is 0 Å². The summed E-state index contributed by atoms with van der Waals surface area (Å²) >= 11 is 6.01. The Balaban J connectivity index is 0.00000392. The lowest BCUT2D eigenvalue weighted by Gasteiger charge is -2.12. The quantitative estimate of drug-likeness (QED) is 0.226. The zero-order valence-corrected chi connectivity index (χ0v) is 19.0. The predicted molar refractivity (Wildman–Crippen MR) is 123 cm³/mol. The first-order valence-electron chi connectivity index (χ1n) is 8.81. The highest BCUT2D eigenvalue weighted by molar-refractivity contribution is 14.0. The summed E-state index contributed by atoms with van der Waals surface area (Å²) in [5, 5.41) is 9.48. The molecular formula is C20H25ClFIN4O. The van der Waals surface area contributed by atoms with Crippen LogP contribution in [0, 0.1) is 12.7 Å². The SMILES string of the molecule is CCNC(=NCc1ccc(C)c(F)c1)NCCNC(=O)c1ccccc1Cl.I. The van der Waals surface area contributed by atoms with Gasteiger partial charge in [0.15, 0.2) is 5.96 Å². The molecular weight excluding hydrogens is 494 g/mol. The van der Waals surface area contributed by atoms with E-state index in [9.17, 15) is 9.18 Å². The Morgan fingerprint density at radius 2 is 1.82 bits per heavy atom. The lowest BCUT2D eigenvalue weighted by molar-refractivity contribution is 0.0954. The van der Waals surface area contributed by atoms with Gasteiger partial charge in [0.1, 0.15) is 5.82 Å². The number of aliphatic imine (C=N–C) groups is 1. The second kappa shape index (κ2) is 12.6. The van der Waals surface area contributed by atoms with Crippen molar-refractivity contribution in [2.24, 2.45) is 4.99 Å². The number of amides is 1. The van der Waals surface area contributed by atoms with Crippen molar-refractivity contribution in [2.45, 2.75) is 20.4 Å². The molecule has 1 amide bonds. The lowest BCUT2D eigenvalue weighted by atomic mass is 10.1. The molecule has 8 heteroatoms. The van der Waals surface area contributed by atoms with Crippen molar-refractivity contribution in [3.05, 3.63) is 70.0 Å². The molecule has 0 unspecified atom stereocenters. The summed E-state index contributed by atoms with van der Waals surface area (Å²) < 4.78 is 13.6. The van der Waals surface area contributed by atoms with E-state index in [0.717, 1.165) is 5.56 Å². The fraction of sp³-hybridized carbons (Fsp3) is 0.300. The largest absolute Gasteiger partial charge is 0.357 e. The number of rotatable bonds is 7. The molecule has 0 heterocycles. The van der Waals surface area contributed by atoms with Gasteiger partial charge in [-0.2, -0.15) is 0 Å². The van der Waals surface area contributed by atoms with E-state index in [-0.39, 0.29) is 35.7 Å². The van der Waals surface area contributed by atoms with Crippen LogP contribution in [-0.4, -0.2) is 31.5 Å². The standard InChI is InChI=1S/C20H24ClFN4O.HI/c1-3-23-20(26-13-15-9-8-14(2)18(22)12-15)25-11-10-24-19(27)16-6-4-5-7-17(16)21;/h4-9,12H,3,10-11,13H2,1-2H3,(H,24,27)(H2,23,25,26);1H. The third-order valence-corrected chi connectivity index (χ3v) is 4.15. The number of carbonyl (C=O) groups excluding carboxylic acids is 1. The average molecular weight is 519 g/mol. The van der Waals surface area contributed by atoms with Gasteiger partial charge in [-0.1, -0.05) is 35.9 Å². The molecule has 0 aromatic heterocycles. The molecule has 28 heavy (non-hydrogen) atoms. The molecule has 3 N–H and O–H groups in total. The maximum Gasteiger partial charge on any atom is 0.252 e. The molecule has 0 atom stereocenters. The van der Waals surface area contributed by atoms with E-state index in [2.05, 4.69) is 20.9 Å². The summed E-state index contributed by atoms with van der Waals surface area (Å²) in [5.74, 6) is 0.146. The van der Waals surface area contributed by atoms with Crippen LogP contribution in [0.3, 0.4) is 0 Å². The molecule has 0 saturated carbocycles. The third-order valence-electron chi connectivity index (χ3n) is 3.82. The number of guanidine groups is 1. The minimum atomic E-state index is -0.233. The summed E-state index contributed by atoms with van der Waals surface area (Å²) in [5.41, 5.74) is 1.85. The first-order valence-corrected chi connectivity index (χ1v) is 9.19.